The van der Waals surface area contributed by atoms with E-state index in [-0.39, 0.29) is 0 Å². The van der Waals surface area contributed by atoms with E-state index >= 15 is 0 Å². The summed E-state index contributed by atoms with van der Waals surface area (Å²) in [5.41, 5.74) is 13.7. The first-order valence-corrected chi connectivity index (χ1v) is 19.0. The van der Waals surface area contributed by atoms with Crippen molar-refractivity contribution in [1.82, 2.24) is 4.40 Å². The Hall–Kier alpha value is -7.56. The highest BCUT2D eigenvalue weighted by Gasteiger charge is 2.20. The van der Waals surface area contributed by atoms with Crippen molar-refractivity contribution in [3.05, 3.63) is 194 Å². The normalized spacial score (nSPS) is 11.9. The van der Waals surface area contributed by atoms with Gasteiger partial charge in [-0.25, -0.2) is 0 Å². The average molecular weight is 717 g/mol. The van der Waals surface area contributed by atoms with Crippen molar-refractivity contribution in [2.75, 3.05) is 4.90 Å². The zero-order valence-electron chi connectivity index (χ0n) is 30.2. The summed E-state index contributed by atoms with van der Waals surface area (Å²) >= 11 is 0. The molecule has 12 rings (SSSR count). The highest BCUT2D eigenvalue weighted by molar-refractivity contribution is 6.12. The minimum Gasteiger partial charge on any atom is -0.456 e. The molecule has 8 aromatic carbocycles. The lowest BCUT2D eigenvalue weighted by molar-refractivity contribution is 0.669. The summed E-state index contributed by atoms with van der Waals surface area (Å²) in [4.78, 5) is 2.29. The first-order chi connectivity index (χ1) is 27.7. The van der Waals surface area contributed by atoms with Gasteiger partial charge in [-0.3, -0.25) is 0 Å². The molecule has 0 saturated carbocycles. The molecule has 262 valence electrons. The number of furan rings is 2. The van der Waals surface area contributed by atoms with E-state index in [9.17, 15) is 0 Å². The maximum Gasteiger partial charge on any atom is 0.137 e. The van der Waals surface area contributed by atoms with Crippen LogP contribution in [0, 0.1) is 0 Å². The van der Waals surface area contributed by atoms with Crippen molar-refractivity contribution in [3.63, 3.8) is 0 Å². The van der Waals surface area contributed by atoms with Gasteiger partial charge in [0.15, 0.2) is 0 Å². The van der Waals surface area contributed by atoms with Gasteiger partial charge in [-0.2, -0.15) is 0 Å². The lowest BCUT2D eigenvalue weighted by Crippen LogP contribution is -2.09. The van der Waals surface area contributed by atoms with E-state index in [1.54, 1.807) is 0 Å². The maximum absolute atomic E-state index is 6.39. The second-order valence-corrected chi connectivity index (χ2v) is 14.5. The van der Waals surface area contributed by atoms with Gasteiger partial charge < -0.3 is 18.1 Å². The zero-order valence-corrected chi connectivity index (χ0v) is 30.2. The third-order valence-corrected chi connectivity index (χ3v) is 11.4. The highest BCUT2D eigenvalue weighted by atomic mass is 16.3. The molecule has 4 aromatic heterocycles. The molecular weight excluding hydrogens is 685 g/mol. The van der Waals surface area contributed by atoms with Crippen LogP contribution >= 0.6 is 0 Å². The van der Waals surface area contributed by atoms with Gasteiger partial charge in [-0.15, -0.1) is 0 Å². The second-order valence-electron chi connectivity index (χ2n) is 14.5. The molecular formula is C52H32N2O2. The van der Waals surface area contributed by atoms with Crippen LogP contribution in [0.15, 0.2) is 203 Å². The van der Waals surface area contributed by atoms with Gasteiger partial charge >= 0.3 is 0 Å². The quantitative estimate of drug-likeness (QED) is 0.178. The van der Waals surface area contributed by atoms with Gasteiger partial charge in [0.05, 0.1) is 11.0 Å². The molecule has 0 atom stereocenters. The minimum atomic E-state index is 0.851. The van der Waals surface area contributed by atoms with Crippen LogP contribution in [0.3, 0.4) is 0 Å². The molecule has 4 nitrogen and oxygen atoms in total. The van der Waals surface area contributed by atoms with E-state index in [2.05, 4.69) is 179 Å². The third-order valence-electron chi connectivity index (χ3n) is 11.4. The van der Waals surface area contributed by atoms with Gasteiger partial charge in [-0.05, 0) is 76.5 Å². The topological polar surface area (TPSA) is 33.9 Å². The second kappa shape index (κ2) is 12.0. The molecule has 0 saturated heterocycles. The molecule has 0 aliphatic carbocycles. The molecule has 0 unspecified atom stereocenters. The summed E-state index contributed by atoms with van der Waals surface area (Å²) in [6, 6.07) is 66.8. The average Bonchev–Trinajstić information content (AvgIpc) is 3.92. The number of para-hydroxylation sites is 3. The number of nitrogens with zero attached hydrogens (tertiary/aromatic N) is 2. The number of aromatic nitrogens is 1. The molecule has 12 aromatic rings. The monoisotopic (exact) mass is 716 g/mol. The Bertz CT molecular complexity index is 3370. The summed E-state index contributed by atoms with van der Waals surface area (Å²) in [6.45, 7) is 0. The van der Waals surface area contributed by atoms with Crippen LogP contribution in [0.1, 0.15) is 0 Å². The van der Waals surface area contributed by atoms with Gasteiger partial charge in [0.2, 0.25) is 0 Å². The SMILES string of the molecule is c1ccc(-c2c3cccc(-c4ccc(N(c5ccc6c(c5)oc5ccccc56)c5ccc6c(c5)oc5ccccc56)cc4)c3n3cc4ccccc4cc23)cc1. The van der Waals surface area contributed by atoms with Crippen LogP contribution in [0.25, 0.3) is 93.3 Å². The Kier molecular flexibility index (Phi) is 6.60. The van der Waals surface area contributed by atoms with Gasteiger partial charge in [0.25, 0.3) is 0 Å². The number of hydrogen-bond donors (Lipinski definition) is 0. The predicted octanol–water partition coefficient (Wildman–Crippen LogP) is 14.8. The van der Waals surface area contributed by atoms with Crippen molar-refractivity contribution >= 4 is 88.1 Å². The molecule has 0 amide bonds. The van der Waals surface area contributed by atoms with E-state index in [0.29, 0.717) is 0 Å². The third kappa shape index (κ3) is 4.66. The van der Waals surface area contributed by atoms with Crippen molar-refractivity contribution in [1.29, 1.82) is 0 Å². The van der Waals surface area contributed by atoms with E-state index in [1.165, 1.54) is 43.9 Å². The molecule has 4 heteroatoms. The molecule has 4 heterocycles. The number of benzene rings is 8. The van der Waals surface area contributed by atoms with Crippen molar-refractivity contribution in [2.45, 2.75) is 0 Å². The predicted molar refractivity (Wildman–Crippen MR) is 233 cm³/mol. The highest BCUT2D eigenvalue weighted by Crippen LogP contribution is 2.44. The van der Waals surface area contributed by atoms with E-state index < -0.39 is 0 Å². The standard InChI is InChI=1S/C52H32N2O2/c1-2-11-34(12-3-1)51-45-18-10-17-40(52(45)53-32-36-14-5-4-13-35(36)29-46(51)53)33-21-23-37(24-22-33)54(38-25-27-43-41-15-6-8-19-47(41)55-49(43)30-38)39-26-28-44-42-16-7-9-20-48(42)56-50(44)31-39/h1-32H. The molecule has 0 bridgehead atoms. The number of anilines is 3. The molecule has 0 fully saturated rings. The number of pyridine rings is 1. The maximum atomic E-state index is 6.39. The summed E-state index contributed by atoms with van der Waals surface area (Å²) in [6.07, 6.45) is 2.29. The van der Waals surface area contributed by atoms with Crippen molar-refractivity contribution < 1.29 is 8.83 Å². The van der Waals surface area contributed by atoms with Gasteiger partial charge in [-0.1, -0.05) is 121 Å². The van der Waals surface area contributed by atoms with Crippen molar-refractivity contribution in [2.24, 2.45) is 0 Å². The first kappa shape index (κ1) is 30.9. The number of hydrogen-bond acceptors (Lipinski definition) is 3. The summed E-state index contributed by atoms with van der Waals surface area (Å²) in [5, 5.41) is 8.10. The fraction of sp³-hybridized carbons (Fsp3) is 0. The molecule has 56 heavy (non-hydrogen) atoms. The van der Waals surface area contributed by atoms with Crippen LogP contribution in [0.5, 0.6) is 0 Å². The lowest BCUT2D eigenvalue weighted by atomic mass is 9.98. The molecule has 0 aliphatic rings. The Balaban J connectivity index is 1.04. The molecule has 0 radical (unpaired) electrons. The summed E-state index contributed by atoms with van der Waals surface area (Å²) in [5.74, 6) is 0. The Morgan fingerprint density at radius 2 is 0.929 bits per heavy atom. The fourth-order valence-electron chi connectivity index (χ4n) is 8.79. The van der Waals surface area contributed by atoms with Crippen LogP contribution in [0.2, 0.25) is 0 Å². The smallest absolute Gasteiger partial charge is 0.137 e. The first-order valence-electron chi connectivity index (χ1n) is 19.0. The van der Waals surface area contributed by atoms with E-state index in [1.807, 2.05) is 24.3 Å². The van der Waals surface area contributed by atoms with E-state index in [0.717, 1.165) is 66.5 Å². The van der Waals surface area contributed by atoms with E-state index in [4.69, 9.17) is 8.83 Å². The zero-order chi connectivity index (χ0) is 36.7. The fourth-order valence-corrected chi connectivity index (χ4v) is 8.79. The molecule has 0 spiro atoms. The van der Waals surface area contributed by atoms with Gasteiger partial charge in [0, 0.05) is 73.4 Å². The van der Waals surface area contributed by atoms with Crippen LogP contribution in [-0.4, -0.2) is 4.40 Å². The summed E-state index contributed by atoms with van der Waals surface area (Å²) in [7, 11) is 0. The molecule has 0 N–H and O–H groups in total. The Morgan fingerprint density at radius 3 is 1.61 bits per heavy atom. The van der Waals surface area contributed by atoms with Crippen LogP contribution in [-0.2, 0) is 0 Å². The Labute approximate surface area is 321 Å². The Morgan fingerprint density at radius 1 is 0.375 bits per heavy atom. The summed E-state index contributed by atoms with van der Waals surface area (Å²) < 4.78 is 15.2. The minimum absolute atomic E-state index is 0.851. The van der Waals surface area contributed by atoms with Crippen LogP contribution < -0.4 is 4.90 Å². The van der Waals surface area contributed by atoms with Gasteiger partial charge in [0.1, 0.15) is 22.3 Å². The largest absolute Gasteiger partial charge is 0.456 e. The number of rotatable bonds is 5. The van der Waals surface area contributed by atoms with Crippen molar-refractivity contribution in [3.8, 4) is 22.3 Å². The van der Waals surface area contributed by atoms with Crippen LogP contribution in [0.4, 0.5) is 17.1 Å². The lowest BCUT2D eigenvalue weighted by Gasteiger charge is -2.25. The molecule has 0 aliphatic heterocycles. The number of fused-ring (bicyclic) bond motifs is 10.